The number of rotatable bonds is 5. The van der Waals surface area contributed by atoms with E-state index in [1.165, 1.54) is 6.20 Å². The summed E-state index contributed by atoms with van der Waals surface area (Å²) in [6.45, 7) is 2.83. The molecule has 0 bridgehead atoms. The van der Waals surface area contributed by atoms with Crippen LogP contribution in [0.15, 0.2) is 24.5 Å². The number of hydrogen-bond donors (Lipinski definition) is 4. The van der Waals surface area contributed by atoms with Gasteiger partial charge in [0.05, 0.1) is 17.3 Å². The molecule has 3 heterocycles. The van der Waals surface area contributed by atoms with Crippen molar-refractivity contribution >= 4 is 23.4 Å². The van der Waals surface area contributed by atoms with E-state index in [2.05, 4.69) is 30.9 Å². The number of carbonyl (C=O) groups is 1. The number of carbonyl (C=O) groups excluding carboxylic acids is 1. The van der Waals surface area contributed by atoms with Crippen LogP contribution in [0.3, 0.4) is 0 Å². The molecule has 2 aromatic rings. The van der Waals surface area contributed by atoms with Crippen molar-refractivity contribution in [2.75, 3.05) is 23.7 Å². The van der Waals surface area contributed by atoms with Gasteiger partial charge in [-0.05, 0) is 26.0 Å². The lowest BCUT2D eigenvalue weighted by Crippen LogP contribution is -2.45. The Labute approximate surface area is 144 Å². The van der Waals surface area contributed by atoms with Crippen LogP contribution >= 0.6 is 0 Å². The number of aromatic nitrogens is 3. The molecule has 0 aromatic carbocycles. The molecule has 8 nitrogen and oxygen atoms in total. The second-order valence-electron chi connectivity index (χ2n) is 5.89. The number of halogens is 1. The number of anilines is 3. The maximum absolute atomic E-state index is 14.1. The van der Waals surface area contributed by atoms with Crippen molar-refractivity contribution in [3.63, 3.8) is 0 Å². The normalized spacial score (nSPS) is 20.1. The molecule has 1 fully saturated rings. The first-order chi connectivity index (χ1) is 12.0. The summed E-state index contributed by atoms with van der Waals surface area (Å²) in [7, 11) is 0. The fourth-order valence-electron chi connectivity index (χ4n) is 2.65. The Morgan fingerprint density at radius 2 is 2.28 bits per heavy atom. The largest absolute Gasteiger partial charge is 0.378 e. The zero-order valence-corrected chi connectivity index (χ0v) is 13.8. The van der Waals surface area contributed by atoms with Gasteiger partial charge in [-0.1, -0.05) is 0 Å². The molecule has 1 saturated heterocycles. The SMILES string of the molecule is Cc1ccnc(Nc2cc(N[C@@H]3CCNC[C@@H]3F)c(C(N)=O)cn2)n1. The first-order valence-electron chi connectivity index (χ1n) is 8.01. The third-order valence-electron chi connectivity index (χ3n) is 3.95. The molecule has 1 amide bonds. The van der Waals surface area contributed by atoms with Crippen molar-refractivity contribution < 1.29 is 9.18 Å². The molecule has 0 unspecified atom stereocenters. The first kappa shape index (κ1) is 17.0. The van der Waals surface area contributed by atoms with Gasteiger partial charge in [0.15, 0.2) is 0 Å². The number of primary amides is 1. The summed E-state index contributed by atoms with van der Waals surface area (Å²) in [6, 6.07) is 2.99. The van der Waals surface area contributed by atoms with Gasteiger partial charge in [0.25, 0.3) is 5.91 Å². The summed E-state index contributed by atoms with van der Waals surface area (Å²) in [6.07, 6.45) is 2.53. The summed E-state index contributed by atoms with van der Waals surface area (Å²) < 4.78 is 14.1. The van der Waals surface area contributed by atoms with Gasteiger partial charge in [-0.2, -0.15) is 0 Å². The lowest BCUT2D eigenvalue weighted by molar-refractivity contribution is 0.100. The smallest absolute Gasteiger partial charge is 0.252 e. The summed E-state index contributed by atoms with van der Waals surface area (Å²) in [4.78, 5) is 24.2. The third kappa shape index (κ3) is 4.18. The fraction of sp³-hybridized carbons (Fsp3) is 0.375. The van der Waals surface area contributed by atoms with Crippen molar-refractivity contribution in [2.45, 2.75) is 25.6 Å². The molecular formula is C16H20FN7O. The number of nitrogens with two attached hydrogens (primary N) is 1. The molecule has 5 N–H and O–H groups in total. The van der Waals surface area contributed by atoms with Crippen molar-refractivity contribution in [1.82, 2.24) is 20.3 Å². The minimum absolute atomic E-state index is 0.210. The topological polar surface area (TPSA) is 118 Å². The average molecular weight is 345 g/mol. The van der Waals surface area contributed by atoms with Crippen molar-refractivity contribution in [3.05, 3.63) is 35.8 Å². The maximum Gasteiger partial charge on any atom is 0.252 e. The third-order valence-corrected chi connectivity index (χ3v) is 3.95. The molecule has 25 heavy (non-hydrogen) atoms. The molecule has 0 spiro atoms. The number of hydrogen-bond acceptors (Lipinski definition) is 7. The lowest BCUT2D eigenvalue weighted by atomic mass is 10.0. The zero-order valence-electron chi connectivity index (χ0n) is 13.8. The summed E-state index contributed by atoms with van der Waals surface area (Å²) >= 11 is 0. The number of alkyl halides is 1. The Kier molecular flexibility index (Phi) is 5.03. The van der Waals surface area contributed by atoms with Gasteiger partial charge in [-0.25, -0.2) is 19.3 Å². The number of aryl methyl sites for hydroxylation is 1. The molecule has 0 saturated carbocycles. The van der Waals surface area contributed by atoms with Crippen LogP contribution in [0.5, 0.6) is 0 Å². The Balaban J connectivity index is 1.85. The zero-order chi connectivity index (χ0) is 17.8. The van der Waals surface area contributed by atoms with Crippen LogP contribution in [-0.4, -0.2) is 46.2 Å². The molecule has 9 heteroatoms. The molecule has 0 radical (unpaired) electrons. The molecule has 2 atom stereocenters. The van der Waals surface area contributed by atoms with E-state index in [9.17, 15) is 9.18 Å². The van der Waals surface area contributed by atoms with Crippen LogP contribution < -0.4 is 21.7 Å². The summed E-state index contributed by atoms with van der Waals surface area (Å²) in [5, 5.41) is 9.04. The second kappa shape index (κ2) is 7.39. The highest BCUT2D eigenvalue weighted by molar-refractivity contribution is 5.98. The van der Waals surface area contributed by atoms with Gasteiger partial charge in [0.1, 0.15) is 12.0 Å². The van der Waals surface area contributed by atoms with Crippen LogP contribution in [0, 0.1) is 6.92 Å². The highest BCUT2D eigenvalue weighted by atomic mass is 19.1. The number of nitrogens with zero attached hydrogens (tertiary/aromatic N) is 3. The minimum Gasteiger partial charge on any atom is -0.378 e. The van der Waals surface area contributed by atoms with E-state index >= 15 is 0 Å². The Morgan fingerprint density at radius 1 is 1.44 bits per heavy atom. The Bertz CT molecular complexity index is 770. The van der Waals surface area contributed by atoms with E-state index in [-0.39, 0.29) is 12.1 Å². The van der Waals surface area contributed by atoms with Gasteiger partial charge in [-0.15, -0.1) is 0 Å². The first-order valence-corrected chi connectivity index (χ1v) is 8.01. The van der Waals surface area contributed by atoms with Gasteiger partial charge < -0.3 is 21.7 Å². The average Bonchev–Trinajstić information content (AvgIpc) is 2.57. The van der Waals surface area contributed by atoms with E-state index in [0.29, 0.717) is 30.4 Å². The number of pyridine rings is 1. The van der Waals surface area contributed by atoms with Crippen LogP contribution in [-0.2, 0) is 0 Å². The van der Waals surface area contributed by atoms with E-state index in [0.717, 1.165) is 5.69 Å². The highest BCUT2D eigenvalue weighted by Crippen LogP contribution is 2.23. The number of amides is 1. The van der Waals surface area contributed by atoms with E-state index < -0.39 is 18.1 Å². The van der Waals surface area contributed by atoms with Crippen molar-refractivity contribution in [2.24, 2.45) is 5.73 Å². The second-order valence-corrected chi connectivity index (χ2v) is 5.89. The number of piperidine rings is 1. The number of nitrogens with one attached hydrogen (secondary N) is 3. The van der Waals surface area contributed by atoms with Gasteiger partial charge in [0.2, 0.25) is 5.95 Å². The lowest BCUT2D eigenvalue weighted by Gasteiger charge is -2.29. The Hall–Kier alpha value is -2.81. The van der Waals surface area contributed by atoms with Crippen molar-refractivity contribution in [1.29, 1.82) is 0 Å². The van der Waals surface area contributed by atoms with Crippen LogP contribution in [0.1, 0.15) is 22.5 Å². The molecule has 0 aliphatic carbocycles. The molecule has 1 aliphatic rings. The van der Waals surface area contributed by atoms with E-state index in [1.807, 2.05) is 6.92 Å². The Morgan fingerprint density at radius 3 is 3.00 bits per heavy atom. The van der Waals surface area contributed by atoms with Gasteiger partial charge in [-0.3, -0.25) is 4.79 Å². The predicted molar refractivity (Wildman–Crippen MR) is 92.6 cm³/mol. The molecular weight excluding hydrogens is 325 g/mol. The van der Waals surface area contributed by atoms with E-state index in [1.54, 1.807) is 18.3 Å². The van der Waals surface area contributed by atoms with Gasteiger partial charge in [0, 0.05) is 30.7 Å². The van der Waals surface area contributed by atoms with Crippen LogP contribution in [0.2, 0.25) is 0 Å². The minimum atomic E-state index is -1.06. The van der Waals surface area contributed by atoms with Gasteiger partial charge >= 0.3 is 0 Å². The van der Waals surface area contributed by atoms with Crippen LogP contribution in [0.25, 0.3) is 0 Å². The predicted octanol–water partition coefficient (Wildman–Crippen LogP) is 1.13. The maximum atomic E-state index is 14.1. The molecule has 132 valence electrons. The quantitative estimate of drug-likeness (QED) is 0.641. The summed E-state index contributed by atoms with van der Waals surface area (Å²) in [5.74, 6) is 0.190. The van der Waals surface area contributed by atoms with Crippen molar-refractivity contribution in [3.8, 4) is 0 Å². The van der Waals surface area contributed by atoms with E-state index in [4.69, 9.17) is 5.73 Å². The fourth-order valence-corrected chi connectivity index (χ4v) is 2.65. The molecule has 3 rings (SSSR count). The monoisotopic (exact) mass is 345 g/mol. The summed E-state index contributed by atoms with van der Waals surface area (Å²) in [5.41, 5.74) is 6.86. The highest BCUT2D eigenvalue weighted by Gasteiger charge is 2.25. The standard InChI is InChI=1S/C16H20FN7O/c1-9-2-5-20-16(22-9)24-14-6-13(10(7-21-14)15(18)25)23-12-3-4-19-8-11(12)17/h2,5-7,11-12,19H,3-4,8H2,1H3,(H2,18,25)(H2,20,21,22,23,24)/t11-,12+/m0/s1. The molecule has 1 aliphatic heterocycles. The van der Waals surface area contributed by atoms with Crippen LogP contribution in [0.4, 0.5) is 21.8 Å². The molecule has 2 aromatic heterocycles.